The number of amides is 2. The van der Waals surface area contributed by atoms with Gasteiger partial charge in [0.1, 0.15) is 16.9 Å². The number of carbonyl (C=O) groups excluding carboxylic acids is 2. The van der Waals surface area contributed by atoms with Gasteiger partial charge in [0.15, 0.2) is 5.65 Å². The Morgan fingerprint density at radius 2 is 2.12 bits per heavy atom. The van der Waals surface area contributed by atoms with E-state index in [0.717, 1.165) is 11.3 Å². The molecule has 33 heavy (non-hydrogen) atoms. The van der Waals surface area contributed by atoms with Crippen molar-refractivity contribution in [2.75, 3.05) is 29.9 Å². The van der Waals surface area contributed by atoms with Crippen molar-refractivity contribution in [3.05, 3.63) is 47.9 Å². The topological polar surface area (TPSA) is 135 Å². The van der Waals surface area contributed by atoms with Crippen LogP contribution in [0.5, 0.6) is 5.75 Å². The third kappa shape index (κ3) is 3.12. The number of rotatable bonds is 5. The van der Waals surface area contributed by atoms with Gasteiger partial charge in [-0.05, 0) is 30.9 Å². The van der Waals surface area contributed by atoms with Crippen LogP contribution in [0, 0.1) is 17.8 Å². The number of anilines is 2. The predicted octanol–water partition coefficient (Wildman–Crippen LogP) is 0.835. The largest absolute Gasteiger partial charge is 0.484 e. The number of aliphatic hydroxyl groups excluding tert-OH is 1. The summed E-state index contributed by atoms with van der Waals surface area (Å²) in [6, 6.07) is 5.58. The van der Waals surface area contributed by atoms with Crippen molar-refractivity contribution in [2.24, 2.45) is 23.5 Å². The number of aliphatic hydroxyl groups is 1. The first kappa shape index (κ1) is 20.0. The van der Waals surface area contributed by atoms with E-state index in [1.54, 1.807) is 23.0 Å². The molecule has 4 atom stereocenters. The summed E-state index contributed by atoms with van der Waals surface area (Å²) < 4.78 is 7.60. The van der Waals surface area contributed by atoms with Crippen LogP contribution in [0.15, 0.2) is 36.8 Å². The van der Waals surface area contributed by atoms with Crippen molar-refractivity contribution in [3.63, 3.8) is 0 Å². The van der Waals surface area contributed by atoms with E-state index < -0.39 is 5.60 Å². The number of fused-ring (bicyclic) bond motifs is 3. The molecule has 1 aliphatic carbocycles. The highest BCUT2D eigenvalue weighted by molar-refractivity contribution is 6.09. The summed E-state index contributed by atoms with van der Waals surface area (Å²) in [5, 5.41) is 17.0. The van der Waals surface area contributed by atoms with Gasteiger partial charge >= 0.3 is 0 Å². The van der Waals surface area contributed by atoms with Gasteiger partial charge in [0.05, 0.1) is 24.2 Å². The normalized spacial score (nSPS) is 27.2. The standard InChI is InChI=1S/C23H24N6O4/c1-23(11-30)7-12-5-16(27-22(32)13-8-26-29-4-2-3-25-21(13)29)17(6-18(12)33-23)28-9-14-15(10-28)19(14)20(24)31/h2-6,8,14-15,19,30H,7,9-11H2,1H3,(H2,24,31)(H,27,32)/t14-,15+,19?,23-/m1/s1. The molecule has 170 valence electrons. The van der Waals surface area contributed by atoms with Gasteiger partial charge in [-0.2, -0.15) is 5.10 Å². The molecule has 3 aromatic rings. The molecule has 4 N–H and O–H groups in total. The lowest BCUT2D eigenvalue weighted by Gasteiger charge is -2.25. The summed E-state index contributed by atoms with van der Waals surface area (Å²) >= 11 is 0. The van der Waals surface area contributed by atoms with Gasteiger partial charge in [0, 0.05) is 49.5 Å². The molecule has 10 nitrogen and oxygen atoms in total. The van der Waals surface area contributed by atoms with Crippen molar-refractivity contribution >= 4 is 28.8 Å². The van der Waals surface area contributed by atoms with Crippen molar-refractivity contribution in [3.8, 4) is 5.75 Å². The van der Waals surface area contributed by atoms with Crippen LogP contribution in [0.1, 0.15) is 22.8 Å². The van der Waals surface area contributed by atoms with E-state index in [1.807, 2.05) is 19.1 Å². The lowest BCUT2D eigenvalue weighted by molar-refractivity contribution is -0.119. The number of nitrogens with zero attached hydrogens (tertiary/aromatic N) is 4. The minimum atomic E-state index is -0.696. The molecule has 1 saturated carbocycles. The van der Waals surface area contributed by atoms with Gasteiger partial charge in [-0.3, -0.25) is 9.59 Å². The highest BCUT2D eigenvalue weighted by Gasteiger charge is 2.59. The summed E-state index contributed by atoms with van der Waals surface area (Å²) in [4.78, 5) is 31.2. The summed E-state index contributed by atoms with van der Waals surface area (Å²) in [5.41, 5.74) is 8.06. The van der Waals surface area contributed by atoms with E-state index in [2.05, 4.69) is 20.3 Å². The second-order valence-corrected chi connectivity index (χ2v) is 9.43. The van der Waals surface area contributed by atoms with Crippen LogP contribution in [0.2, 0.25) is 0 Å². The zero-order chi connectivity index (χ0) is 22.9. The van der Waals surface area contributed by atoms with Crippen molar-refractivity contribution in [1.29, 1.82) is 0 Å². The Morgan fingerprint density at radius 1 is 1.33 bits per heavy atom. The van der Waals surface area contributed by atoms with Crippen molar-refractivity contribution in [1.82, 2.24) is 14.6 Å². The molecule has 0 spiro atoms. The molecular formula is C23H24N6O4. The summed E-state index contributed by atoms with van der Waals surface area (Å²) in [7, 11) is 0. The molecule has 6 rings (SSSR count). The molecule has 2 amide bonds. The average molecular weight is 448 g/mol. The summed E-state index contributed by atoms with van der Waals surface area (Å²) in [6.07, 6.45) is 5.39. The number of nitrogens with one attached hydrogen (secondary N) is 1. The van der Waals surface area contributed by atoms with Crippen LogP contribution in [-0.4, -0.2) is 56.8 Å². The molecule has 2 fully saturated rings. The van der Waals surface area contributed by atoms with Crippen LogP contribution >= 0.6 is 0 Å². The molecule has 1 unspecified atom stereocenters. The molecule has 10 heteroatoms. The van der Waals surface area contributed by atoms with E-state index in [1.165, 1.54) is 6.20 Å². The lowest BCUT2D eigenvalue weighted by Crippen LogP contribution is -2.34. The Labute approximate surface area is 189 Å². The third-order valence-electron chi connectivity index (χ3n) is 7.07. The Bertz CT molecular complexity index is 1290. The number of nitrogens with two attached hydrogens (primary N) is 1. The number of hydrogen-bond donors (Lipinski definition) is 3. The number of ether oxygens (including phenoxy) is 1. The van der Waals surface area contributed by atoms with E-state index in [0.29, 0.717) is 42.2 Å². The first-order valence-electron chi connectivity index (χ1n) is 11.0. The second kappa shape index (κ2) is 6.92. The molecule has 0 bridgehead atoms. The fourth-order valence-electron chi connectivity index (χ4n) is 5.32. The monoisotopic (exact) mass is 448 g/mol. The zero-order valence-corrected chi connectivity index (χ0v) is 18.1. The van der Waals surface area contributed by atoms with Crippen LogP contribution in [-0.2, 0) is 11.2 Å². The molecule has 1 aromatic carbocycles. The SMILES string of the molecule is C[C@]1(CO)Cc2cc(NC(=O)c3cnn4cccnc34)c(N3C[C@@H]4C(C(N)=O)[C@@H]4C3)cc2O1. The average Bonchev–Trinajstić information content (AvgIpc) is 3.15. The smallest absolute Gasteiger partial charge is 0.261 e. The number of primary amides is 1. The summed E-state index contributed by atoms with van der Waals surface area (Å²) in [5.74, 6) is 0.568. The molecule has 1 saturated heterocycles. The maximum Gasteiger partial charge on any atom is 0.261 e. The van der Waals surface area contributed by atoms with Gasteiger partial charge in [-0.25, -0.2) is 9.50 Å². The lowest BCUT2D eigenvalue weighted by atomic mass is 9.99. The van der Waals surface area contributed by atoms with Gasteiger partial charge in [-0.15, -0.1) is 0 Å². The second-order valence-electron chi connectivity index (χ2n) is 9.43. The number of piperidine rings is 1. The Hall–Kier alpha value is -3.66. The van der Waals surface area contributed by atoms with Gasteiger partial charge in [0.2, 0.25) is 5.91 Å². The molecule has 0 radical (unpaired) electrons. The van der Waals surface area contributed by atoms with Crippen LogP contribution in [0.25, 0.3) is 5.65 Å². The van der Waals surface area contributed by atoms with Crippen molar-refractivity contribution < 1.29 is 19.4 Å². The Morgan fingerprint density at radius 3 is 2.85 bits per heavy atom. The predicted molar refractivity (Wildman–Crippen MR) is 119 cm³/mol. The molecule has 3 aliphatic rings. The molecule has 2 aliphatic heterocycles. The minimum Gasteiger partial charge on any atom is -0.484 e. The summed E-state index contributed by atoms with van der Waals surface area (Å²) in [6.45, 7) is 3.13. The maximum atomic E-state index is 13.2. The Kier molecular flexibility index (Phi) is 4.19. The fraction of sp³-hybridized carbons (Fsp3) is 0.391. The third-order valence-corrected chi connectivity index (χ3v) is 7.07. The van der Waals surface area contributed by atoms with Gasteiger partial charge in [-0.1, -0.05) is 0 Å². The molecule has 2 aromatic heterocycles. The first-order valence-corrected chi connectivity index (χ1v) is 11.0. The number of aromatic nitrogens is 3. The maximum absolute atomic E-state index is 13.2. The van der Waals surface area contributed by atoms with Gasteiger partial charge in [0.25, 0.3) is 5.91 Å². The van der Waals surface area contributed by atoms with Crippen molar-refractivity contribution in [2.45, 2.75) is 18.9 Å². The van der Waals surface area contributed by atoms with E-state index >= 15 is 0 Å². The van der Waals surface area contributed by atoms with E-state index in [9.17, 15) is 14.7 Å². The number of carbonyl (C=O) groups is 2. The van der Waals surface area contributed by atoms with E-state index in [4.69, 9.17) is 10.5 Å². The van der Waals surface area contributed by atoms with Gasteiger partial charge < -0.3 is 25.8 Å². The van der Waals surface area contributed by atoms with Crippen LogP contribution in [0.4, 0.5) is 11.4 Å². The molecule has 4 heterocycles. The highest BCUT2D eigenvalue weighted by atomic mass is 16.5. The Balaban J connectivity index is 1.34. The molecular weight excluding hydrogens is 424 g/mol. The zero-order valence-electron chi connectivity index (χ0n) is 18.1. The fourth-order valence-corrected chi connectivity index (χ4v) is 5.32. The van der Waals surface area contributed by atoms with E-state index in [-0.39, 0.29) is 36.2 Å². The minimum absolute atomic E-state index is 0.0625. The number of hydrogen-bond acceptors (Lipinski definition) is 7. The number of benzene rings is 1. The quantitative estimate of drug-likeness (QED) is 0.526. The first-order chi connectivity index (χ1) is 15.9. The van der Waals surface area contributed by atoms with Crippen LogP contribution in [0.3, 0.4) is 0 Å². The van der Waals surface area contributed by atoms with Crippen LogP contribution < -0.4 is 20.7 Å². The highest BCUT2D eigenvalue weighted by Crippen LogP contribution is 2.54.